The van der Waals surface area contributed by atoms with Gasteiger partial charge in [-0.05, 0) is 30.6 Å². The molecule has 0 heterocycles. The van der Waals surface area contributed by atoms with Crippen molar-refractivity contribution in [1.29, 1.82) is 0 Å². The van der Waals surface area contributed by atoms with E-state index < -0.39 is 25.4 Å². The number of nitro benzene ring substituents is 1. The summed E-state index contributed by atoms with van der Waals surface area (Å²) in [4.78, 5) is 22.3. The Morgan fingerprint density at radius 2 is 1.91 bits per heavy atom. The summed E-state index contributed by atoms with van der Waals surface area (Å²) in [6.07, 6.45) is -2.26. The minimum atomic E-state index is -2.28. The van der Waals surface area contributed by atoms with Crippen LogP contribution in [-0.2, 0) is 9.22 Å². The van der Waals surface area contributed by atoms with Gasteiger partial charge in [0.25, 0.3) is 5.69 Å². The van der Waals surface area contributed by atoms with E-state index in [9.17, 15) is 20.0 Å². The average Bonchev–Trinajstić information content (AvgIpc) is 2.42. The fraction of sp³-hybridized carbons (Fsp3) is 0.562. The Kier molecular flexibility index (Phi) is 5.84. The summed E-state index contributed by atoms with van der Waals surface area (Å²) < 4.78 is 6.05. The molecule has 128 valence electrons. The fourth-order valence-corrected chi connectivity index (χ4v) is 3.14. The molecule has 7 heteroatoms. The highest BCUT2D eigenvalue weighted by Gasteiger charge is 2.42. The first-order valence-corrected chi connectivity index (χ1v) is 10.4. The number of carbonyl (C=O) groups excluding carboxylic acids is 1. The van der Waals surface area contributed by atoms with Crippen molar-refractivity contribution in [2.24, 2.45) is 0 Å². The van der Waals surface area contributed by atoms with Gasteiger partial charge in [0.05, 0.1) is 4.92 Å². The Morgan fingerprint density at radius 3 is 2.35 bits per heavy atom. The molecule has 0 spiro atoms. The summed E-state index contributed by atoms with van der Waals surface area (Å²) in [5.74, 6) is -0.297. The molecule has 0 aromatic heterocycles. The van der Waals surface area contributed by atoms with Crippen LogP contribution in [0, 0.1) is 10.1 Å². The summed E-state index contributed by atoms with van der Waals surface area (Å²) in [5, 5.41) is 21.3. The number of nitrogens with zero attached hydrogens (tertiary/aromatic N) is 1. The summed E-state index contributed by atoms with van der Waals surface area (Å²) in [6.45, 7) is 11.5. The quantitative estimate of drug-likeness (QED) is 0.486. The molecule has 1 aromatic rings. The van der Waals surface area contributed by atoms with E-state index in [0.717, 1.165) is 0 Å². The van der Waals surface area contributed by atoms with Crippen LogP contribution in [0.5, 0.6) is 0 Å². The molecular formula is C16H25NO5Si. The summed E-state index contributed by atoms with van der Waals surface area (Å²) in [6, 6.07) is 5.66. The highest BCUT2D eigenvalue weighted by molar-refractivity contribution is 6.74. The van der Waals surface area contributed by atoms with E-state index in [0.29, 0.717) is 5.56 Å². The van der Waals surface area contributed by atoms with Crippen molar-refractivity contribution in [1.82, 2.24) is 0 Å². The zero-order chi connectivity index (χ0) is 18.0. The number of nitro groups is 1. The van der Waals surface area contributed by atoms with Gasteiger partial charge >= 0.3 is 0 Å². The van der Waals surface area contributed by atoms with Crippen LogP contribution in [-0.4, -0.2) is 30.2 Å². The predicted octanol–water partition coefficient (Wildman–Crippen LogP) is 3.61. The van der Waals surface area contributed by atoms with Gasteiger partial charge in [-0.15, -0.1) is 0 Å². The molecule has 23 heavy (non-hydrogen) atoms. The number of aliphatic hydroxyl groups is 1. The summed E-state index contributed by atoms with van der Waals surface area (Å²) >= 11 is 0. The lowest BCUT2D eigenvalue weighted by Crippen LogP contribution is -2.47. The van der Waals surface area contributed by atoms with E-state index in [2.05, 4.69) is 0 Å². The number of aliphatic hydroxyl groups excluding tert-OH is 1. The lowest BCUT2D eigenvalue weighted by atomic mass is 10.0. The molecule has 0 fully saturated rings. The SMILES string of the molecule is CC(=O)[C@@H](O[Si](C)(C)C(C)(C)C)[C@H](O)c1cccc([N+](=O)[O-])c1. The van der Waals surface area contributed by atoms with Crippen molar-refractivity contribution in [3.8, 4) is 0 Å². The minimum Gasteiger partial charge on any atom is -0.404 e. The van der Waals surface area contributed by atoms with Crippen molar-refractivity contribution < 1.29 is 19.3 Å². The molecule has 0 bridgehead atoms. The van der Waals surface area contributed by atoms with E-state index in [1.807, 2.05) is 33.9 Å². The minimum absolute atomic E-state index is 0.122. The zero-order valence-corrected chi connectivity index (χ0v) is 15.5. The van der Waals surface area contributed by atoms with Crippen molar-refractivity contribution in [3.05, 3.63) is 39.9 Å². The number of hydrogen-bond donors (Lipinski definition) is 1. The number of non-ortho nitro benzene ring substituents is 1. The van der Waals surface area contributed by atoms with Gasteiger partial charge in [0, 0.05) is 12.1 Å². The predicted molar refractivity (Wildman–Crippen MR) is 90.8 cm³/mol. The second kappa shape index (κ2) is 6.90. The summed E-state index contributed by atoms with van der Waals surface area (Å²) in [7, 11) is -2.28. The van der Waals surface area contributed by atoms with E-state index in [4.69, 9.17) is 4.43 Å². The van der Waals surface area contributed by atoms with Crippen LogP contribution in [0.1, 0.15) is 39.4 Å². The largest absolute Gasteiger partial charge is 0.404 e. The van der Waals surface area contributed by atoms with Crippen LogP contribution in [0.15, 0.2) is 24.3 Å². The van der Waals surface area contributed by atoms with E-state index in [1.165, 1.54) is 25.1 Å². The fourth-order valence-electron chi connectivity index (χ4n) is 1.86. The van der Waals surface area contributed by atoms with Gasteiger partial charge in [0.15, 0.2) is 14.1 Å². The molecule has 0 aliphatic carbocycles. The van der Waals surface area contributed by atoms with E-state index in [1.54, 1.807) is 6.07 Å². The topological polar surface area (TPSA) is 89.7 Å². The number of Topliss-reactive ketones (excluding diaryl/α,β-unsaturated/α-hetero) is 1. The number of hydrogen-bond acceptors (Lipinski definition) is 5. The number of rotatable bonds is 6. The monoisotopic (exact) mass is 339 g/mol. The number of carbonyl (C=O) groups is 1. The third kappa shape index (κ3) is 4.70. The van der Waals surface area contributed by atoms with Gasteiger partial charge in [-0.2, -0.15) is 0 Å². The van der Waals surface area contributed by atoms with Crippen molar-refractivity contribution in [2.45, 2.75) is 58.0 Å². The molecule has 2 atom stereocenters. The zero-order valence-electron chi connectivity index (χ0n) is 14.5. The van der Waals surface area contributed by atoms with Gasteiger partial charge in [-0.3, -0.25) is 14.9 Å². The molecule has 6 nitrogen and oxygen atoms in total. The van der Waals surface area contributed by atoms with E-state index >= 15 is 0 Å². The normalized spacial score (nSPS) is 15.1. The molecule has 0 saturated carbocycles. The first-order valence-electron chi connectivity index (χ1n) is 7.47. The van der Waals surface area contributed by atoms with Crippen molar-refractivity contribution >= 4 is 19.8 Å². The van der Waals surface area contributed by atoms with Crippen LogP contribution < -0.4 is 0 Å². The Morgan fingerprint density at radius 1 is 1.35 bits per heavy atom. The first kappa shape index (κ1) is 19.5. The van der Waals surface area contributed by atoms with Crippen LogP contribution in [0.4, 0.5) is 5.69 Å². The maximum atomic E-state index is 12.0. The molecule has 0 amide bonds. The Hall–Kier alpha value is -1.57. The lowest BCUT2D eigenvalue weighted by Gasteiger charge is -2.39. The molecule has 0 radical (unpaired) electrons. The van der Waals surface area contributed by atoms with Crippen LogP contribution in [0.25, 0.3) is 0 Å². The smallest absolute Gasteiger partial charge is 0.269 e. The molecule has 1 aromatic carbocycles. The highest BCUT2D eigenvalue weighted by Crippen LogP contribution is 2.39. The van der Waals surface area contributed by atoms with Gasteiger partial charge in [-0.1, -0.05) is 32.9 Å². The molecular weight excluding hydrogens is 314 g/mol. The standard InChI is InChI=1S/C16H25NO5Si/c1-11(18)15(22-23(5,6)16(2,3)4)14(19)12-8-7-9-13(10-12)17(20)21/h7-10,14-15,19H,1-6H3/t14-,15-/m1/s1. The second-order valence-electron chi connectivity index (χ2n) is 7.21. The van der Waals surface area contributed by atoms with Crippen LogP contribution >= 0.6 is 0 Å². The van der Waals surface area contributed by atoms with Gasteiger partial charge in [0.2, 0.25) is 0 Å². The van der Waals surface area contributed by atoms with E-state index in [-0.39, 0.29) is 16.5 Å². The van der Waals surface area contributed by atoms with Gasteiger partial charge < -0.3 is 9.53 Å². The molecule has 1 N–H and O–H groups in total. The molecule has 0 aliphatic heterocycles. The molecule has 1 rings (SSSR count). The Labute approximate surface area is 137 Å². The number of benzene rings is 1. The third-order valence-electron chi connectivity index (χ3n) is 4.34. The Bertz CT molecular complexity index is 594. The third-order valence-corrected chi connectivity index (χ3v) is 8.79. The average molecular weight is 339 g/mol. The maximum Gasteiger partial charge on any atom is 0.269 e. The first-order chi connectivity index (χ1) is 10.4. The lowest BCUT2D eigenvalue weighted by molar-refractivity contribution is -0.385. The Balaban J connectivity index is 3.14. The van der Waals surface area contributed by atoms with Crippen molar-refractivity contribution in [2.75, 3.05) is 0 Å². The summed E-state index contributed by atoms with van der Waals surface area (Å²) in [5.41, 5.74) is 0.175. The highest BCUT2D eigenvalue weighted by atomic mass is 28.4. The number of ketones is 1. The van der Waals surface area contributed by atoms with Gasteiger partial charge in [-0.25, -0.2) is 0 Å². The van der Waals surface area contributed by atoms with Crippen LogP contribution in [0.3, 0.4) is 0 Å². The molecule has 0 unspecified atom stereocenters. The van der Waals surface area contributed by atoms with Gasteiger partial charge in [0.1, 0.15) is 12.2 Å². The maximum absolute atomic E-state index is 12.0. The molecule has 0 saturated heterocycles. The second-order valence-corrected chi connectivity index (χ2v) is 12.0. The van der Waals surface area contributed by atoms with Crippen molar-refractivity contribution in [3.63, 3.8) is 0 Å². The molecule has 0 aliphatic rings. The van der Waals surface area contributed by atoms with Crippen LogP contribution in [0.2, 0.25) is 18.1 Å².